The summed E-state index contributed by atoms with van der Waals surface area (Å²) in [4.78, 5) is 12.3. The standard InChI is InChI=1S/C12H15NO5/c14-7-1-2-9(11(16)6-7)10-5-8(15)3-4-13(10)12(17)18/h1-2,6,8,10,14-16H,3-5H2,(H,17,18). The molecule has 2 atom stereocenters. The lowest BCUT2D eigenvalue weighted by atomic mass is 9.93. The molecular weight excluding hydrogens is 238 g/mol. The second-order valence-electron chi connectivity index (χ2n) is 4.41. The number of phenols is 2. The number of hydrogen-bond donors (Lipinski definition) is 4. The molecule has 6 nitrogen and oxygen atoms in total. The average molecular weight is 253 g/mol. The highest BCUT2D eigenvalue weighted by Gasteiger charge is 2.33. The molecule has 0 aliphatic carbocycles. The van der Waals surface area contributed by atoms with Crippen LogP contribution >= 0.6 is 0 Å². The lowest BCUT2D eigenvalue weighted by molar-refractivity contribution is 0.0418. The van der Waals surface area contributed by atoms with Gasteiger partial charge in [0.25, 0.3) is 0 Å². The molecule has 2 rings (SSSR count). The van der Waals surface area contributed by atoms with Crippen LogP contribution in [0.2, 0.25) is 0 Å². The van der Waals surface area contributed by atoms with Gasteiger partial charge >= 0.3 is 6.09 Å². The van der Waals surface area contributed by atoms with Gasteiger partial charge < -0.3 is 25.3 Å². The lowest BCUT2D eigenvalue weighted by Gasteiger charge is -2.36. The van der Waals surface area contributed by atoms with Gasteiger partial charge in [-0.15, -0.1) is 0 Å². The van der Waals surface area contributed by atoms with Crippen LogP contribution < -0.4 is 0 Å². The molecule has 0 radical (unpaired) electrons. The summed E-state index contributed by atoms with van der Waals surface area (Å²) in [6.07, 6.45) is -1.04. The van der Waals surface area contributed by atoms with E-state index in [2.05, 4.69) is 0 Å². The normalized spacial score (nSPS) is 23.9. The highest BCUT2D eigenvalue weighted by Crippen LogP contribution is 2.37. The van der Waals surface area contributed by atoms with E-state index < -0.39 is 18.2 Å². The number of carboxylic acid groups (broad SMARTS) is 1. The summed E-state index contributed by atoms with van der Waals surface area (Å²) in [5.41, 5.74) is 0.397. The van der Waals surface area contributed by atoms with Gasteiger partial charge in [0.15, 0.2) is 0 Å². The van der Waals surface area contributed by atoms with Crippen molar-refractivity contribution in [1.82, 2.24) is 4.90 Å². The van der Waals surface area contributed by atoms with Crippen molar-refractivity contribution >= 4 is 6.09 Å². The fourth-order valence-electron chi connectivity index (χ4n) is 2.28. The third kappa shape index (κ3) is 2.33. The maximum Gasteiger partial charge on any atom is 0.407 e. The van der Waals surface area contributed by atoms with Crippen LogP contribution in [-0.4, -0.2) is 44.1 Å². The van der Waals surface area contributed by atoms with Crippen LogP contribution in [0.25, 0.3) is 0 Å². The van der Waals surface area contributed by atoms with Crippen molar-refractivity contribution in [2.24, 2.45) is 0 Å². The Bertz CT molecular complexity index is 462. The van der Waals surface area contributed by atoms with Crippen molar-refractivity contribution in [3.05, 3.63) is 23.8 Å². The number of nitrogens with zero attached hydrogens (tertiary/aromatic N) is 1. The molecule has 1 aliphatic heterocycles. The first-order valence-electron chi connectivity index (χ1n) is 5.68. The number of piperidine rings is 1. The van der Waals surface area contributed by atoms with E-state index in [9.17, 15) is 20.1 Å². The van der Waals surface area contributed by atoms with Crippen molar-refractivity contribution in [3.8, 4) is 11.5 Å². The van der Waals surface area contributed by atoms with Crippen LogP contribution in [-0.2, 0) is 0 Å². The molecular formula is C12H15NO5. The number of likely N-dealkylation sites (tertiary alicyclic amines) is 1. The van der Waals surface area contributed by atoms with Gasteiger partial charge in [-0.1, -0.05) is 0 Å². The minimum absolute atomic E-state index is 0.0884. The Morgan fingerprint density at radius 3 is 2.67 bits per heavy atom. The highest BCUT2D eigenvalue weighted by molar-refractivity contribution is 5.66. The number of phenolic OH excluding ortho intramolecular Hbond substituents is 2. The Morgan fingerprint density at radius 2 is 2.06 bits per heavy atom. The van der Waals surface area contributed by atoms with E-state index >= 15 is 0 Å². The van der Waals surface area contributed by atoms with E-state index in [4.69, 9.17) is 5.11 Å². The molecule has 98 valence electrons. The van der Waals surface area contributed by atoms with E-state index in [-0.39, 0.29) is 24.5 Å². The molecule has 6 heteroatoms. The van der Waals surface area contributed by atoms with Gasteiger partial charge in [-0.3, -0.25) is 0 Å². The van der Waals surface area contributed by atoms with Crippen LogP contribution in [0.5, 0.6) is 11.5 Å². The summed E-state index contributed by atoms with van der Waals surface area (Å²) in [7, 11) is 0. The van der Waals surface area contributed by atoms with Crippen LogP contribution in [0.4, 0.5) is 4.79 Å². The smallest absolute Gasteiger partial charge is 0.407 e. The molecule has 1 heterocycles. The fourth-order valence-corrected chi connectivity index (χ4v) is 2.28. The van der Waals surface area contributed by atoms with Crippen LogP contribution in [0.1, 0.15) is 24.4 Å². The monoisotopic (exact) mass is 253 g/mol. The topological polar surface area (TPSA) is 101 Å². The van der Waals surface area contributed by atoms with Gasteiger partial charge in [0.2, 0.25) is 0 Å². The Morgan fingerprint density at radius 1 is 1.33 bits per heavy atom. The molecule has 4 N–H and O–H groups in total. The minimum Gasteiger partial charge on any atom is -0.508 e. The van der Waals surface area contributed by atoms with Gasteiger partial charge in [-0.2, -0.15) is 0 Å². The zero-order valence-corrected chi connectivity index (χ0v) is 9.65. The summed E-state index contributed by atoms with van der Waals surface area (Å²) in [6.45, 7) is 0.224. The molecule has 18 heavy (non-hydrogen) atoms. The Kier molecular flexibility index (Phi) is 3.29. The number of aromatic hydroxyl groups is 2. The Balaban J connectivity index is 2.35. The summed E-state index contributed by atoms with van der Waals surface area (Å²) < 4.78 is 0. The van der Waals surface area contributed by atoms with E-state index in [1.54, 1.807) is 0 Å². The van der Waals surface area contributed by atoms with Crippen molar-refractivity contribution in [3.63, 3.8) is 0 Å². The molecule has 0 spiro atoms. The van der Waals surface area contributed by atoms with Gasteiger partial charge in [-0.25, -0.2) is 4.79 Å². The minimum atomic E-state index is -1.08. The molecule has 1 aromatic rings. The fraction of sp³-hybridized carbons (Fsp3) is 0.417. The van der Waals surface area contributed by atoms with E-state index in [1.807, 2.05) is 0 Å². The first-order valence-corrected chi connectivity index (χ1v) is 5.68. The maximum absolute atomic E-state index is 11.1. The molecule has 0 saturated carbocycles. The largest absolute Gasteiger partial charge is 0.508 e. The predicted octanol–water partition coefficient (Wildman–Crippen LogP) is 1.27. The number of rotatable bonds is 1. The highest BCUT2D eigenvalue weighted by atomic mass is 16.4. The van der Waals surface area contributed by atoms with Crippen molar-refractivity contribution in [2.75, 3.05) is 6.54 Å². The van der Waals surface area contributed by atoms with Crippen LogP contribution in [0, 0.1) is 0 Å². The molecule has 0 aromatic heterocycles. The Labute approximate surface area is 104 Å². The first-order chi connectivity index (χ1) is 8.49. The van der Waals surface area contributed by atoms with Crippen molar-refractivity contribution < 1.29 is 25.2 Å². The van der Waals surface area contributed by atoms with Crippen LogP contribution in [0.3, 0.4) is 0 Å². The summed E-state index contributed by atoms with van der Waals surface area (Å²) >= 11 is 0. The Hall–Kier alpha value is -1.95. The quantitative estimate of drug-likeness (QED) is 0.604. The third-order valence-electron chi connectivity index (χ3n) is 3.19. The molecule has 2 unspecified atom stereocenters. The van der Waals surface area contributed by atoms with Crippen molar-refractivity contribution in [1.29, 1.82) is 0 Å². The van der Waals surface area contributed by atoms with Gasteiger partial charge in [0.1, 0.15) is 11.5 Å². The first kappa shape index (κ1) is 12.5. The number of benzene rings is 1. The zero-order chi connectivity index (χ0) is 13.3. The van der Waals surface area contributed by atoms with Crippen molar-refractivity contribution in [2.45, 2.75) is 25.0 Å². The third-order valence-corrected chi connectivity index (χ3v) is 3.19. The van der Waals surface area contributed by atoms with E-state index in [0.29, 0.717) is 12.0 Å². The van der Waals surface area contributed by atoms with E-state index in [0.717, 1.165) is 6.07 Å². The number of aliphatic hydroxyl groups excluding tert-OH is 1. The van der Waals surface area contributed by atoms with Gasteiger partial charge in [-0.05, 0) is 25.0 Å². The zero-order valence-electron chi connectivity index (χ0n) is 9.65. The SMILES string of the molecule is O=C(O)N1CCC(O)CC1c1ccc(O)cc1O. The molecule has 1 aromatic carbocycles. The lowest BCUT2D eigenvalue weighted by Crippen LogP contribution is -2.41. The van der Waals surface area contributed by atoms with E-state index in [1.165, 1.54) is 17.0 Å². The second kappa shape index (κ2) is 4.73. The molecule has 1 saturated heterocycles. The van der Waals surface area contributed by atoms with Crippen LogP contribution in [0.15, 0.2) is 18.2 Å². The summed E-state index contributed by atoms with van der Waals surface area (Å²) in [5, 5.41) is 37.7. The average Bonchev–Trinajstić information content (AvgIpc) is 2.28. The summed E-state index contributed by atoms with van der Waals surface area (Å²) in [5.74, 6) is -0.255. The number of carbonyl (C=O) groups is 1. The second-order valence-corrected chi connectivity index (χ2v) is 4.41. The predicted molar refractivity (Wildman–Crippen MR) is 62.5 cm³/mol. The number of hydrogen-bond acceptors (Lipinski definition) is 4. The van der Waals surface area contributed by atoms with Gasteiger partial charge in [0, 0.05) is 18.2 Å². The molecule has 1 amide bonds. The molecule has 0 bridgehead atoms. The number of aliphatic hydroxyl groups is 1. The molecule has 1 aliphatic rings. The summed E-state index contributed by atoms with van der Waals surface area (Å²) in [6, 6.07) is 3.43. The van der Waals surface area contributed by atoms with Gasteiger partial charge in [0.05, 0.1) is 12.1 Å². The molecule has 1 fully saturated rings. The maximum atomic E-state index is 11.1. The number of amides is 1.